The van der Waals surface area contributed by atoms with Crippen LogP contribution in [0.2, 0.25) is 0 Å². The summed E-state index contributed by atoms with van der Waals surface area (Å²) in [6, 6.07) is 8.85. The predicted octanol–water partition coefficient (Wildman–Crippen LogP) is 2.93. The molecule has 0 aromatic heterocycles. The van der Waals surface area contributed by atoms with Crippen LogP contribution in [0, 0.1) is 12.8 Å². The van der Waals surface area contributed by atoms with E-state index in [9.17, 15) is 0 Å². The fourth-order valence-corrected chi connectivity index (χ4v) is 2.18. The van der Waals surface area contributed by atoms with Crippen molar-refractivity contribution in [1.82, 2.24) is 5.32 Å². The van der Waals surface area contributed by atoms with E-state index in [0.717, 1.165) is 0 Å². The van der Waals surface area contributed by atoms with E-state index >= 15 is 0 Å². The molecule has 1 rings (SSSR count). The van der Waals surface area contributed by atoms with Gasteiger partial charge in [0.2, 0.25) is 0 Å². The molecule has 2 nitrogen and oxygen atoms in total. The summed E-state index contributed by atoms with van der Waals surface area (Å²) >= 11 is 0. The molecule has 1 aromatic rings. The molecule has 1 N–H and O–H groups in total. The van der Waals surface area contributed by atoms with E-state index in [4.69, 9.17) is 4.74 Å². The second kappa shape index (κ2) is 6.02. The quantitative estimate of drug-likeness (QED) is 0.825. The molecule has 2 atom stereocenters. The van der Waals surface area contributed by atoms with Crippen LogP contribution < -0.4 is 5.32 Å². The Hall–Kier alpha value is -0.860. The zero-order valence-corrected chi connectivity index (χ0v) is 10.9. The number of rotatable bonds is 5. The van der Waals surface area contributed by atoms with Gasteiger partial charge in [0.1, 0.15) is 0 Å². The summed E-state index contributed by atoms with van der Waals surface area (Å²) in [4.78, 5) is 0. The maximum atomic E-state index is 5.60. The molecule has 1 aromatic carbocycles. The number of hydrogen-bond donors (Lipinski definition) is 1. The number of hydrogen-bond acceptors (Lipinski definition) is 2. The molecule has 2 unspecified atom stereocenters. The molecule has 0 aliphatic carbocycles. The van der Waals surface area contributed by atoms with Gasteiger partial charge in [0.05, 0.1) is 12.1 Å². The number of ether oxygens (including phenoxy) is 1. The summed E-state index contributed by atoms with van der Waals surface area (Å²) < 4.78 is 5.60. The Morgan fingerprint density at radius 3 is 2.38 bits per heavy atom. The smallest absolute Gasteiger partial charge is 0.0788 e. The van der Waals surface area contributed by atoms with Crippen molar-refractivity contribution in [1.29, 1.82) is 0 Å². The van der Waals surface area contributed by atoms with Crippen molar-refractivity contribution >= 4 is 0 Å². The number of likely N-dealkylation sites (N-methyl/N-ethyl adjacent to an activating group) is 1. The van der Waals surface area contributed by atoms with E-state index in [2.05, 4.69) is 50.4 Å². The zero-order valence-electron chi connectivity index (χ0n) is 10.9. The van der Waals surface area contributed by atoms with Gasteiger partial charge in [-0.2, -0.15) is 0 Å². The van der Waals surface area contributed by atoms with Crippen LogP contribution in [0.3, 0.4) is 0 Å². The fraction of sp³-hybridized carbons (Fsp3) is 0.571. The first-order chi connectivity index (χ1) is 7.60. The molecule has 2 heteroatoms. The standard InChI is InChI=1S/C14H23NO/c1-10(2)14(16-5)13(15-4)12-8-6-7-11(3)9-12/h6-10,13-15H,1-5H3. The topological polar surface area (TPSA) is 21.3 Å². The number of nitrogens with one attached hydrogen (secondary N) is 1. The lowest BCUT2D eigenvalue weighted by atomic mass is 9.93. The lowest BCUT2D eigenvalue weighted by Gasteiger charge is -2.29. The summed E-state index contributed by atoms with van der Waals surface area (Å²) in [6.07, 6.45) is 0.201. The van der Waals surface area contributed by atoms with Gasteiger partial charge in [0.15, 0.2) is 0 Å². The molecule has 16 heavy (non-hydrogen) atoms. The molecule has 90 valence electrons. The van der Waals surface area contributed by atoms with Crippen molar-refractivity contribution in [2.24, 2.45) is 5.92 Å². The summed E-state index contributed by atoms with van der Waals surface area (Å²) in [5.41, 5.74) is 2.58. The van der Waals surface area contributed by atoms with Crippen molar-refractivity contribution in [2.75, 3.05) is 14.2 Å². The number of benzene rings is 1. The summed E-state index contributed by atoms with van der Waals surface area (Å²) in [5.74, 6) is 0.489. The normalized spacial score (nSPS) is 15.1. The van der Waals surface area contributed by atoms with E-state index in [-0.39, 0.29) is 12.1 Å². The molecule has 0 heterocycles. The molecular weight excluding hydrogens is 198 g/mol. The highest BCUT2D eigenvalue weighted by Gasteiger charge is 2.24. The Bertz CT molecular complexity index is 322. The van der Waals surface area contributed by atoms with Gasteiger partial charge in [-0.05, 0) is 25.5 Å². The van der Waals surface area contributed by atoms with E-state index in [1.807, 2.05) is 7.05 Å². The largest absolute Gasteiger partial charge is 0.379 e. The average Bonchev–Trinajstić information content (AvgIpc) is 2.25. The molecule has 0 bridgehead atoms. The third-order valence-corrected chi connectivity index (χ3v) is 2.97. The summed E-state index contributed by atoms with van der Waals surface area (Å²) in [6.45, 7) is 6.50. The maximum absolute atomic E-state index is 5.60. The molecule has 0 radical (unpaired) electrons. The van der Waals surface area contributed by atoms with E-state index < -0.39 is 0 Å². The molecule has 0 aliphatic rings. The summed E-state index contributed by atoms with van der Waals surface area (Å²) in [5, 5.41) is 3.35. The Balaban J connectivity index is 2.96. The van der Waals surface area contributed by atoms with E-state index in [1.165, 1.54) is 11.1 Å². The van der Waals surface area contributed by atoms with Crippen molar-refractivity contribution in [3.8, 4) is 0 Å². The first kappa shape index (κ1) is 13.2. The van der Waals surface area contributed by atoms with Gasteiger partial charge in [-0.25, -0.2) is 0 Å². The van der Waals surface area contributed by atoms with E-state index in [1.54, 1.807) is 7.11 Å². The van der Waals surface area contributed by atoms with Gasteiger partial charge in [-0.1, -0.05) is 43.7 Å². The second-order valence-corrected chi connectivity index (χ2v) is 4.62. The van der Waals surface area contributed by atoms with Crippen LogP contribution in [0.4, 0.5) is 0 Å². The second-order valence-electron chi connectivity index (χ2n) is 4.62. The monoisotopic (exact) mass is 221 g/mol. The van der Waals surface area contributed by atoms with Gasteiger partial charge < -0.3 is 10.1 Å². The third-order valence-electron chi connectivity index (χ3n) is 2.97. The molecule has 0 spiro atoms. The van der Waals surface area contributed by atoms with Crippen molar-refractivity contribution in [2.45, 2.75) is 32.9 Å². The van der Waals surface area contributed by atoms with Crippen molar-refractivity contribution in [3.63, 3.8) is 0 Å². The average molecular weight is 221 g/mol. The van der Waals surface area contributed by atoms with Gasteiger partial charge in [-0.3, -0.25) is 0 Å². The highest BCUT2D eigenvalue weighted by Crippen LogP contribution is 2.24. The van der Waals surface area contributed by atoms with Crippen molar-refractivity contribution in [3.05, 3.63) is 35.4 Å². The molecule has 0 saturated heterocycles. The maximum Gasteiger partial charge on any atom is 0.0788 e. The van der Waals surface area contributed by atoms with Crippen LogP contribution in [-0.2, 0) is 4.74 Å². The van der Waals surface area contributed by atoms with Gasteiger partial charge in [-0.15, -0.1) is 0 Å². The lowest BCUT2D eigenvalue weighted by molar-refractivity contribution is 0.0348. The minimum absolute atomic E-state index is 0.201. The first-order valence-corrected chi connectivity index (χ1v) is 5.86. The van der Waals surface area contributed by atoms with Crippen LogP contribution in [0.25, 0.3) is 0 Å². The Morgan fingerprint density at radius 2 is 1.94 bits per heavy atom. The predicted molar refractivity (Wildman–Crippen MR) is 68.6 cm³/mol. The Labute approximate surface area is 99.0 Å². The molecule has 0 saturated carbocycles. The molecule has 0 fully saturated rings. The fourth-order valence-electron chi connectivity index (χ4n) is 2.18. The number of aryl methyl sites for hydroxylation is 1. The minimum Gasteiger partial charge on any atom is -0.379 e. The lowest BCUT2D eigenvalue weighted by Crippen LogP contribution is -2.34. The van der Waals surface area contributed by atoms with Crippen LogP contribution in [0.5, 0.6) is 0 Å². The van der Waals surface area contributed by atoms with Crippen molar-refractivity contribution < 1.29 is 4.74 Å². The highest BCUT2D eigenvalue weighted by molar-refractivity contribution is 5.26. The van der Waals surface area contributed by atoms with Gasteiger partial charge in [0.25, 0.3) is 0 Å². The Kier molecular flexibility index (Phi) is 4.97. The van der Waals surface area contributed by atoms with Crippen LogP contribution in [0.1, 0.15) is 31.0 Å². The summed E-state index contributed by atoms with van der Waals surface area (Å²) in [7, 11) is 3.77. The number of methoxy groups -OCH3 is 1. The van der Waals surface area contributed by atoms with Crippen LogP contribution >= 0.6 is 0 Å². The Morgan fingerprint density at radius 1 is 1.25 bits per heavy atom. The SMILES string of the molecule is CNC(c1cccc(C)c1)C(OC)C(C)C. The van der Waals surface area contributed by atoms with Gasteiger partial charge >= 0.3 is 0 Å². The van der Waals surface area contributed by atoms with E-state index in [0.29, 0.717) is 5.92 Å². The zero-order chi connectivity index (χ0) is 12.1. The van der Waals surface area contributed by atoms with Gasteiger partial charge in [0, 0.05) is 7.11 Å². The van der Waals surface area contributed by atoms with Crippen LogP contribution in [-0.4, -0.2) is 20.3 Å². The first-order valence-electron chi connectivity index (χ1n) is 5.86. The molecule has 0 aliphatic heterocycles. The molecule has 0 amide bonds. The third kappa shape index (κ3) is 3.06. The molecular formula is C14H23NO. The van der Waals surface area contributed by atoms with Crippen LogP contribution in [0.15, 0.2) is 24.3 Å². The minimum atomic E-state index is 0.201. The highest BCUT2D eigenvalue weighted by atomic mass is 16.5.